The molecule has 0 aromatic rings. The Balaban J connectivity index is 1.77. The lowest BCUT2D eigenvalue weighted by molar-refractivity contribution is 0.0196. The largest absolute Gasteiger partial charge is 0.384 e. The highest BCUT2D eigenvalue weighted by atomic mass is 16.5. The normalized spacial score (nSPS) is 51.4. The summed E-state index contributed by atoms with van der Waals surface area (Å²) in [5.41, 5.74) is 7.07. The van der Waals surface area contributed by atoms with Gasteiger partial charge in [0.05, 0.1) is 0 Å². The molecular weight excluding hydrogens is 198 g/mol. The summed E-state index contributed by atoms with van der Waals surface area (Å²) in [4.78, 5) is 0. The predicted octanol–water partition coefficient (Wildman–Crippen LogP) is 2.57. The van der Waals surface area contributed by atoms with E-state index in [0.29, 0.717) is 11.5 Å². The van der Waals surface area contributed by atoms with Gasteiger partial charge in [0.1, 0.15) is 0 Å². The third kappa shape index (κ3) is 1.46. The van der Waals surface area contributed by atoms with Crippen LogP contribution in [0.4, 0.5) is 0 Å². The fourth-order valence-electron chi connectivity index (χ4n) is 5.12. The quantitative estimate of drug-likeness (QED) is 0.781. The zero-order valence-corrected chi connectivity index (χ0v) is 10.5. The van der Waals surface area contributed by atoms with Crippen molar-refractivity contribution < 1.29 is 4.74 Å². The van der Waals surface area contributed by atoms with E-state index in [2.05, 4.69) is 0 Å². The first-order valence-corrected chi connectivity index (χ1v) is 7.01. The number of hydrogen-bond donors (Lipinski definition) is 1. The minimum Gasteiger partial charge on any atom is -0.384 e. The van der Waals surface area contributed by atoms with E-state index in [1.807, 2.05) is 7.11 Å². The summed E-state index contributed by atoms with van der Waals surface area (Å²) in [5, 5.41) is 0. The van der Waals surface area contributed by atoms with Crippen molar-refractivity contribution in [2.75, 3.05) is 13.7 Å². The van der Waals surface area contributed by atoms with Gasteiger partial charge in [0.15, 0.2) is 0 Å². The maximum Gasteiger partial charge on any atom is 0.0490 e. The number of ether oxygens (including phenoxy) is 1. The van der Waals surface area contributed by atoms with E-state index >= 15 is 0 Å². The SMILES string of the molecule is COC[C@H]1CCC[C@@]2(C1)C1CCC(C1)C2N. The van der Waals surface area contributed by atoms with E-state index < -0.39 is 0 Å². The van der Waals surface area contributed by atoms with Crippen molar-refractivity contribution in [1.82, 2.24) is 0 Å². The molecule has 2 nitrogen and oxygen atoms in total. The molecule has 2 N–H and O–H groups in total. The second-order valence-corrected chi connectivity index (χ2v) is 6.45. The molecule has 0 saturated heterocycles. The first-order valence-electron chi connectivity index (χ1n) is 7.01. The van der Waals surface area contributed by atoms with Crippen LogP contribution in [0, 0.1) is 23.2 Å². The molecule has 0 heterocycles. The van der Waals surface area contributed by atoms with Crippen LogP contribution in [-0.2, 0) is 4.74 Å². The molecule has 2 heteroatoms. The average molecular weight is 223 g/mol. The molecule has 2 bridgehead atoms. The molecule has 3 unspecified atom stereocenters. The fraction of sp³-hybridized carbons (Fsp3) is 1.00. The predicted molar refractivity (Wildman–Crippen MR) is 65.1 cm³/mol. The van der Waals surface area contributed by atoms with Gasteiger partial charge in [0.25, 0.3) is 0 Å². The van der Waals surface area contributed by atoms with Gasteiger partial charge >= 0.3 is 0 Å². The van der Waals surface area contributed by atoms with Crippen LogP contribution in [0.1, 0.15) is 44.9 Å². The summed E-state index contributed by atoms with van der Waals surface area (Å²) in [7, 11) is 1.84. The zero-order chi connectivity index (χ0) is 11.2. The molecule has 0 radical (unpaired) electrons. The van der Waals surface area contributed by atoms with E-state index in [-0.39, 0.29) is 0 Å². The van der Waals surface area contributed by atoms with Crippen LogP contribution in [-0.4, -0.2) is 19.8 Å². The molecule has 3 aliphatic carbocycles. The summed E-state index contributed by atoms with van der Waals surface area (Å²) in [6.45, 7) is 0.950. The summed E-state index contributed by atoms with van der Waals surface area (Å²) in [6, 6.07) is 0.505. The number of fused-ring (bicyclic) bond motifs is 3. The van der Waals surface area contributed by atoms with Crippen LogP contribution >= 0.6 is 0 Å². The molecule has 16 heavy (non-hydrogen) atoms. The van der Waals surface area contributed by atoms with Crippen LogP contribution in [0.3, 0.4) is 0 Å². The average Bonchev–Trinajstić information content (AvgIpc) is 2.84. The molecule has 0 aromatic heterocycles. The van der Waals surface area contributed by atoms with Gasteiger partial charge in [0.2, 0.25) is 0 Å². The number of rotatable bonds is 2. The van der Waals surface area contributed by atoms with Gasteiger partial charge in [-0.25, -0.2) is 0 Å². The second kappa shape index (κ2) is 3.99. The molecule has 1 spiro atoms. The molecule has 3 rings (SSSR count). The Morgan fingerprint density at radius 1 is 1.31 bits per heavy atom. The van der Waals surface area contributed by atoms with E-state index in [4.69, 9.17) is 10.5 Å². The minimum atomic E-state index is 0.505. The maximum absolute atomic E-state index is 6.55. The first-order chi connectivity index (χ1) is 7.76. The monoisotopic (exact) mass is 223 g/mol. The van der Waals surface area contributed by atoms with Crippen molar-refractivity contribution in [1.29, 1.82) is 0 Å². The van der Waals surface area contributed by atoms with E-state index in [1.54, 1.807) is 0 Å². The summed E-state index contributed by atoms with van der Waals surface area (Å²) >= 11 is 0. The second-order valence-electron chi connectivity index (χ2n) is 6.45. The van der Waals surface area contributed by atoms with Crippen molar-refractivity contribution >= 4 is 0 Å². The highest BCUT2D eigenvalue weighted by molar-refractivity contribution is 5.10. The van der Waals surface area contributed by atoms with E-state index in [9.17, 15) is 0 Å². The standard InChI is InChI=1S/C14H25NO/c1-16-9-10-3-2-6-14(8-10)12-5-4-11(7-12)13(14)15/h10-13H,2-9,15H2,1H3/t10-,11?,12?,13?,14+/m0/s1. The van der Waals surface area contributed by atoms with Crippen molar-refractivity contribution in [2.45, 2.75) is 51.0 Å². The van der Waals surface area contributed by atoms with Gasteiger partial charge in [-0.15, -0.1) is 0 Å². The molecule has 3 fully saturated rings. The number of methoxy groups -OCH3 is 1. The van der Waals surface area contributed by atoms with Gasteiger partial charge in [-0.3, -0.25) is 0 Å². The third-order valence-corrected chi connectivity index (χ3v) is 5.78. The Morgan fingerprint density at radius 2 is 2.19 bits per heavy atom. The molecule has 0 aliphatic heterocycles. The Bertz CT molecular complexity index is 261. The van der Waals surface area contributed by atoms with Gasteiger partial charge in [0, 0.05) is 19.8 Å². The highest BCUT2D eigenvalue weighted by Gasteiger charge is 2.57. The highest BCUT2D eigenvalue weighted by Crippen LogP contribution is 2.61. The maximum atomic E-state index is 6.55. The van der Waals surface area contributed by atoms with E-state index in [1.165, 1.54) is 44.9 Å². The van der Waals surface area contributed by atoms with Crippen molar-refractivity contribution in [2.24, 2.45) is 28.9 Å². The van der Waals surface area contributed by atoms with Gasteiger partial charge in [-0.1, -0.05) is 6.42 Å². The van der Waals surface area contributed by atoms with Crippen LogP contribution in [0.25, 0.3) is 0 Å². The lowest BCUT2D eigenvalue weighted by atomic mass is 9.60. The Labute approximate surface area is 98.9 Å². The molecule has 92 valence electrons. The zero-order valence-electron chi connectivity index (χ0n) is 10.5. The molecule has 3 aliphatic rings. The summed E-state index contributed by atoms with van der Waals surface area (Å²) in [5.74, 6) is 2.59. The van der Waals surface area contributed by atoms with Crippen LogP contribution in [0.5, 0.6) is 0 Å². The smallest absolute Gasteiger partial charge is 0.0490 e. The Kier molecular flexibility index (Phi) is 2.75. The first kappa shape index (κ1) is 11.0. The molecular formula is C14H25NO. The molecule has 0 aromatic carbocycles. The van der Waals surface area contributed by atoms with Crippen molar-refractivity contribution in [3.63, 3.8) is 0 Å². The Morgan fingerprint density at radius 3 is 2.88 bits per heavy atom. The molecule has 5 atom stereocenters. The van der Waals surface area contributed by atoms with Gasteiger partial charge < -0.3 is 10.5 Å². The van der Waals surface area contributed by atoms with Crippen LogP contribution < -0.4 is 5.73 Å². The van der Waals surface area contributed by atoms with Crippen molar-refractivity contribution in [3.8, 4) is 0 Å². The lowest BCUT2D eigenvalue weighted by Gasteiger charge is -2.47. The third-order valence-electron chi connectivity index (χ3n) is 5.78. The molecule has 3 saturated carbocycles. The molecule has 0 amide bonds. The van der Waals surface area contributed by atoms with E-state index in [0.717, 1.165) is 24.4 Å². The Hall–Kier alpha value is -0.0800. The fourth-order valence-corrected chi connectivity index (χ4v) is 5.12. The minimum absolute atomic E-state index is 0.505. The van der Waals surface area contributed by atoms with Gasteiger partial charge in [-0.05, 0) is 61.7 Å². The summed E-state index contributed by atoms with van der Waals surface area (Å²) in [6.07, 6.45) is 9.78. The van der Waals surface area contributed by atoms with Crippen LogP contribution in [0.15, 0.2) is 0 Å². The summed E-state index contributed by atoms with van der Waals surface area (Å²) < 4.78 is 5.36. The van der Waals surface area contributed by atoms with Gasteiger partial charge in [-0.2, -0.15) is 0 Å². The number of hydrogen-bond acceptors (Lipinski definition) is 2. The topological polar surface area (TPSA) is 35.2 Å². The van der Waals surface area contributed by atoms with Crippen LogP contribution in [0.2, 0.25) is 0 Å². The number of nitrogens with two attached hydrogens (primary N) is 1. The van der Waals surface area contributed by atoms with Crippen molar-refractivity contribution in [3.05, 3.63) is 0 Å². The lowest BCUT2D eigenvalue weighted by Crippen LogP contribution is -2.49.